The monoisotopic (exact) mass is 309 g/mol. The van der Waals surface area contributed by atoms with Gasteiger partial charge in [-0.2, -0.15) is 0 Å². The average Bonchev–Trinajstić information content (AvgIpc) is 2.59. The molecule has 23 heavy (non-hydrogen) atoms. The van der Waals surface area contributed by atoms with Crippen LogP contribution in [0, 0.1) is 0 Å². The summed E-state index contributed by atoms with van der Waals surface area (Å²) in [6.07, 6.45) is 4.90. The van der Waals surface area contributed by atoms with Crippen molar-refractivity contribution < 1.29 is 10.0 Å². The topological polar surface area (TPSA) is 40.5 Å². The normalized spacial score (nSPS) is 16.7. The molecule has 0 aliphatic heterocycles. The summed E-state index contributed by atoms with van der Waals surface area (Å²) >= 11 is 0. The molecule has 3 heteroatoms. The van der Waals surface area contributed by atoms with Crippen molar-refractivity contribution in [3.8, 4) is 0 Å². The summed E-state index contributed by atoms with van der Waals surface area (Å²) in [5.41, 5.74) is 5.03. The number of fused-ring (bicyclic) bond motifs is 1. The average molecular weight is 309 g/mol. The van der Waals surface area contributed by atoms with Crippen molar-refractivity contribution in [1.82, 2.24) is 5.06 Å². The number of nitrogens with zero attached hydrogens (tertiary/aromatic N) is 1. The van der Waals surface area contributed by atoms with Gasteiger partial charge in [-0.15, -0.1) is 0 Å². The summed E-state index contributed by atoms with van der Waals surface area (Å²) in [5, 5.41) is 10.9. The molecule has 1 atom stereocenters. The first-order chi connectivity index (χ1) is 11.1. The van der Waals surface area contributed by atoms with Crippen LogP contribution in [0.15, 0.2) is 48.5 Å². The molecule has 0 heterocycles. The summed E-state index contributed by atoms with van der Waals surface area (Å²) in [4.78, 5) is 11.5. The van der Waals surface area contributed by atoms with Crippen LogP contribution in [0.4, 0.5) is 0 Å². The highest BCUT2D eigenvalue weighted by Crippen LogP contribution is 2.34. The van der Waals surface area contributed by atoms with E-state index in [4.69, 9.17) is 0 Å². The van der Waals surface area contributed by atoms with E-state index < -0.39 is 0 Å². The van der Waals surface area contributed by atoms with Crippen LogP contribution in [0.25, 0.3) is 0 Å². The molecule has 3 rings (SSSR count). The molecule has 0 spiro atoms. The minimum absolute atomic E-state index is 0.195. The van der Waals surface area contributed by atoms with Gasteiger partial charge in [0, 0.05) is 6.92 Å². The Morgan fingerprint density at radius 3 is 2.61 bits per heavy atom. The minimum atomic E-state index is -0.295. The Morgan fingerprint density at radius 2 is 1.87 bits per heavy atom. The van der Waals surface area contributed by atoms with Gasteiger partial charge in [0.05, 0.1) is 6.04 Å². The van der Waals surface area contributed by atoms with Crippen LogP contribution in [0.1, 0.15) is 48.1 Å². The van der Waals surface area contributed by atoms with Crippen molar-refractivity contribution >= 4 is 5.91 Å². The second kappa shape index (κ2) is 6.97. The van der Waals surface area contributed by atoms with Gasteiger partial charge in [0.25, 0.3) is 0 Å². The largest absolute Gasteiger partial charge is 0.285 e. The van der Waals surface area contributed by atoms with E-state index in [1.54, 1.807) is 0 Å². The molecule has 0 fully saturated rings. The highest BCUT2D eigenvalue weighted by atomic mass is 16.5. The molecule has 1 aliphatic rings. The second-order valence-corrected chi connectivity index (χ2v) is 6.29. The standard InChI is InChI=1S/C20H23NO2/c1-15(22)21(23)20-9-5-8-18-14-17(12-13-19(18)20)11-10-16-6-3-2-4-7-16/h2-4,6-7,12-14,20,23H,5,8-11H2,1H3. The number of amides is 1. The van der Waals surface area contributed by atoms with Crippen molar-refractivity contribution in [2.75, 3.05) is 0 Å². The molecule has 0 aromatic heterocycles. The Kier molecular flexibility index (Phi) is 4.77. The van der Waals surface area contributed by atoms with Gasteiger partial charge < -0.3 is 0 Å². The number of carbonyl (C=O) groups is 1. The van der Waals surface area contributed by atoms with Gasteiger partial charge in [-0.1, -0.05) is 48.5 Å². The smallest absolute Gasteiger partial charge is 0.243 e. The Bertz CT molecular complexity index is 681. The number of hydrogen-bond donors (Lipinski definition) is 1. The van der Waals surface area contributed by atoms with Gasteiger partial charge in [-0.25, -0.2) is 5.06 Å². The first kappa shape index (κ1) is 15.8. The molecular weight excluding hydrogens is 286 g/mol. The van der Waals surface area contributed by atoms with Crippen LogP contribution in [0.5, 0.6) is 0 Å². The summed E-state index contributed by atoms with van der Waals surface area (Å²) in [6, 6.07) is 16.8. The Morgan fingerprint density at radius 1 is 1.13 bits per heavy atom. The highest BCUT2D eigenvalue weighted by molar-refractivity contribution is 5.72. The lowest BCUT2D eigenvalue weighted by atomic mass is 9.85. The van der Waals surface area contributed by atoms with E-state index in [0.29, 0.717) is 0 Å². The first-order valence-electron chi connectivity index (χ1n) is 8.29. The van der Waals surface area contributed by atoms with Gasteiger partial charge in [0.15, 0.2) is 0 Å². The molecule has 2 aromatic rings. The Hall–Kier alpha value is -2.13. The number of rotatable bonds is 4. The number of hydroxylamine groups is 2. The van der Waals surface area contributed by atoms with E-state index in [2.05, 4.69) is 42.5 Å². The maximum absolute atomic E-state index is 11.5. The SMILES string of the molecule is CC(=O)N(O)C1CCCc2cc(CCc3ccccc3)ccc21. The Labute approximate surface area is 137 Å². The zero-order chi connectivity index (χ0) is 16.2. The predicted octanol–water partition coefficient (Wildman–Crippen LogP) is 4.09. The molecule has 120 valence electrons. The minimum Gasteiger partial charge on any atom is -0.285 e. The Balaban J connectivity index is 1.75. The quantitative estimate of drug-likeness (QED) is 0.682. The zero-order valence-corrected chi connectivity index (χ0v) is 13.5. The fraction of sp³-hybridized carbons (Fsp3) is 0.350. The van der Waals surface area contributed by atoms with Gasteiger partial charge in [0.2, 0.25) is 5.91 Å². The number of benzene rings is 2. The lowest BCUT2D eigenvalue weighted by Crippen LogP contribution is -2.32. The second-order valence-electron chi connectivity index (χ2n) is 6.29. The summed E-state index contributed by atoms with van der Waals surface area (Å²) in [6.45, 7) is 1.41. The van der Waals surface area contributed by atoms with Crippen LogP contribution < -0.4 is 0 Å². The van der Waals surface area contributed by atoms with Gasteiger partial charge in [-0.05, 0) is 54.4 Å². The van der Waals surface area contributed by atoms with Gasteiger partial charge in [0.1, 0.15) is 0 Å². The maximum atomic E-state index is 11.5. The van der Waals surface area contributed by atoms with Crippen LogP contribution in [-0.4, -0.2) is 16.2 Å². The van der Waals surface area contributed by atoms with Crippen LogP contribution >= 0.6 is 0 Å². The van der Waals surface area contributed by atoms with Crippen molar-refractivity contribution in [3.05, 3.63) is 70.8 Å². The predicted molar refractivity (Wildman–Crippen MR) is 90.3 cm³/mol. The van der Waals surface area contributed by atoms with E-state index in [0.717, 1.165) is 42.7 Å². The summed E-state index contributed by atoms with van der Waals surface area (Å²) in [5.74, 6) is -0.295. The van der Waals surface area contributed by atoms with Gasteiger partial charge in [-0.3, -0.25) is 10.0 Å². The summed E-state index contributed by atoms with van der Waals surface area (Å²) in [7, 11) is 0. The van der Waals surface area contributed by atoms with E-state index in [1.165, 1.54) is 23.6 Å². The number of aryl methyl sites for hydroxylation is 3. The van der Waals surface area contributed by atoms with Crippen LogP contribution in [0.2, 0.25) is 0 Å². The third-order valence-corrected chi connectivity index (χ3v) is 4.65. The van der Waals surface area contributed by atoms with E-state index >= 15 is 0 Å². The molecule has 1 amide bonds. The van der Waals surface area contributed by atoms with Crippen molar-refractivity contribution in [2.24, 2.45) is 0 Å². The fourth-order valence-corrected chi connectivity index (χ4v) is 3.40. The molecule has 3 nitrogen and oxygen atoms in total. The van der Waals surface area contributed by atoms with Crippen molar-refractivity contribution in [3.63, 3.8) is 0 Å². The lowest BCUT2D eigenvalue weighted by Gasteiger charge is -2.31. The highest BCUT2D eigenvalue weighted by Gasteiger charge is 2.26. The van der Waals surface area contributed by atoms with Crippen LogP contribution in [0.3, 0.4) is 0 Å². The molecular formula is C20H23NO2. The van der Waals surface area contributed by atoms with Crippen molar-refractivity contribution in [1.29, 1.82) is 0 Å². The molecule has 1 N–H and O–H groups in total. The van der Waals surface area contributed by atoms with E-state index in [9.17, 15) is 10.0 Å². The molecule has 2 aromatic carbocycles. The third-order valence-electron chi connectivity index (χ3n) is 4.65. The third kappa shape index (κ3) is 3.62. The maximum Gasteiger partial charge on any atom is 0.243 e. The molecule has 0 bridgehead atoms. The summed E-state index contributed by atoms with van der Waals surface area (Å²) < 4.78 is 0. The fourth-order valence-electron chi connectivity index (χ4n) is 3.40. The first-order valence-corrected chi connectivity index (χ1v) is 8.29. The molecule has 1 aliphatic carbocycles. The molecule has 0 radical (unpaired) electrons. The molecule has 1 unspecified atom stereocenters. The number of hydrogen-bond acceptors (Lipinski definition) is 2. The molecule has 0 saturated carbocycles. The van der Waals surface area contributed by atoms with E-state index in [1.807, 2.05) is 6.07 Å². The van der Waals surface area contributed by atoms with Gasteiger partial charge >= 0.3 is 0 Å². The number of carbonyl (C=O) groups excluding carboxylic acids is 1. The van der Waals surface area contributed by atoms with Crippen molar-refractivity contribution in [2.45, 2.75) is 45.1 Å². The zero-order valence-electron chi connectivity index (χ0n) is 13.5. The lowest BCUT2D eigenvalue weighted by molar-refractivity contribution is -0.175. The van der Waals surface area contributed by atoms with E-state index in [-0.39, 0.29) is 11.9 Å². The molecule has 0 saturated heterocycles. The van der Waals surface area contributed by atoms with Crippen LogP contribution in [-0.2, 0) is 24.1 Å².